The molecular formula is C16H17ClN3OS+. The molecule has 0 fully saturated rings. The largest absolute Gasteiger partial charge is 0.340 e. The maximum Gasteiger partial charge on any atom is 0.230 e. The van der Waals surface area contributed by atoms with Gasteiger partial charge in [0.15, 0.2) is 0 Å². The topological polar surface area (TPSA) is 69.5 Å². The predicted octanol–water partition coefficient (Wildman–Crippen LogP) is 2.93. The molecule has 22 heavy (non-hydrogen) atoms. The van der Waals surface area contributed by atoms with E-state index in [4.69, 9.17) is 16.9 Å². The Morgan fingerprint density at radius 2 is 2.23 bits per heavy atom. The summed E-state index contributed by atoms with van der Waals surface area (Å²) in [6, 6.07) is 11.7. The summed E-state index contributed by atoms with van der Waals surface area (Å²) in [5.41, 5.74) is 1.57. The van der Waals surface area contributed by atoms with Gasteiger partial charge in [-0.15, -0.1) is 11.3 Å². The molecule has 0 spiro atoms. The number of amides is 1. The molecule has 0 radical (unpaired) electrons. The minimum absolute atomic E-state index is 0.0819. The van der Waals surface area contributed by atoms with Gasteiger partial charge in [0.1, 0.15) is 17.1 Å². The number of anilines is 1. The van der Waals surface area contributed by atoms with Crippen LogP contribution in [0, 0.1) is 11.3 Å². The minimum atomic E-state index is -0.0819. The average Bonchev–Trinajstić information content (AvgIpc) is 2.94. The fraction of sp³-hybridized carbons (Fsp3) is 0.250. The van der Waals surface area contributed by atoms with E-state index in [1.807, 2.05) is 24.3 Å². The summed E-state index contributed by atoms with van der Waals surface area (Å²) < 4.78 is 0. The highest BCUT2D eigenvalue weighted by molar-refractivity contribution is 7.14. The van der Waals surface area contributed by atoms with E-state index in [1.54, 1.807) is 11.4 Å². The highest BCUT2D eigenvalue weighted by Crippen LogP contribution is 2.22. The Balaban J connectivity index is 1.80. The van der Waals surface area contributed by atoms with Crippen LogP contribution in [0.3, 0.4) is 0 Å². The van der Waals surface area contributed by atoms with Crippen LogP contribution < -0.4 is 10.6 Å². The molecule has 0 unspecified atom stereocenters. The highest BCUT2D eigenvalue weighted by atomic mass is 35.5. The fourth-order valence-electron chi connectivity index (χ4n) is 2.12. The third kappa shape index (κ3) is 4.31. The summed E-state index contributed by atoms with van der Waals surface area (Å²) in [6.07, 6.45) is 0.386. The third-order valence-electron chi connectivity index (χ3n) is 3.33. The van der Waals surface area contributed by atoms with Gasteiger partial charge in [0, 0.05) is 10.6 Å². The number of rotatable bonds is 6. The van der Waals surface area contributed by atoms with E-state index >= 15 is 0 Å². The smallest absolute Gasteiger partial charge is 0.230 e. The first-order chi connectivity index (χ1) is 10.6. The normalized spacial score (nSPS) is 11.7. The van der Waals surface area contributed by atoms with Gasteiger partial charge in [0.25, 0.3) is 0 Å². The number of hydrogen-bond donors (Lipinski definition) is 2. The summed E-state index contributed by atoms with van der Waals surface area (Å²) in [4.78, 5) is 11.9. The van der Waals surface area contributed by atoms with Crippen LogP contribution in [0.15, 0.2) is 35.7 Å². The van der Waals surface area contributed by atoms with Gasteiger partial charge >= 0.3 is 0 Å². The quantitative estimate of drug-likeness (QED) is 0.852. The molecule has 1 aromatic carbocycles. The highest BCUT2D eigenvalue weighted by Gasteiger charge is 2.13. The number of quaternary nitrogens is 1. The van der Waals surface area contributed by atoms with Crippen molar-refractivity contribution in [2.24, 2.45) is 0 Å². The molecule has 114 valence electrons. The number of carbonyl (C=O) groups excluding carboxylic acids is 1. The lowest BCUT2D eigenvalue weighted by molar-refractivity contribution is -0.691. The van der Waals surface area contributed by atoms with Gasteiger partial charge in [-0.05, 0) is 24.4 Å². The van der Waals surface area contributed by atoms with Gasteiger partial charge in [-0.3, -0.25) is 4.79 Å². The average molecular weight is 335 g/mol. The lowest BCUT2D eigenvalue weighted by atomic mass is 10.1. The van der Waals surface area contributed by atoms with Crippen molar-refractivity contribution < 1.29 is 10.1 Å². The molecule has 3 N–H and O–H groups in total. The monoisotopic (exact) mass is 334 g/mol. The Labute approximate surface area is 138 Å². The predicted molar refractivity (Wildman–Crippen MR) is 88.9 cm³/mol. The van der Waals surface area contributed by atoms with Crippen LogP contribution >= 0.6 is 22.9 Å². The van der Waals surface area contributed by atoms with Crippen molar-refractivity contribution in [3.63, 3.8) is 0 Å². The lowest BCUT2D eigenvalue weighted by Gasteiger charge is -2.12. The van der Waals surface area contributed by atoms with Crippen LogP contribution in [-0.4, -0.2) is 12.5 Å². The summed E-state index contributed by atoms with van der Waals surface area (Å²) in [5.74, 6) is -0.0819. The van der Waals surface area contributed by atoms with Crippen molar-refractivity contribution in [2.75, 3.05) is 11.9 Å². The number of carbonyl (C=O) groups is 1. The van der Waals surface area contributed by atoms with Crippen LogP contribution in [0.2, 0.25) is 5.02 Å². The van der Waals surface area contributed by atoms with Crippen molar-refractivity contribution in [1.82, 2.24) is 0 Å². The second kappa shape index (κ2) is 7.95. The summed E-state index contributed by atoms with van der Waals surface area (Å²) in [6.45, 7) is 2.72. The van der Waals surface area contributed by atoms with E-state index in [9.17, 15) is 4.79 Å². The number of nitrogens with two attached hydrogens (primary N) is 1. The van der Waals surface area contributed by atoms with E-state index in [0.29, 0.717) is 23.5 Å². The molecule has 0 saturated heterocycles. The van der Waals surface area contributed by atoms with Crippen LogP contribution in [0.4, 0.5) is 5.00 Å². The summed E-state index contributed by atoms with van der Waals surface area (Å²) in [5, 5.41) is 16.9. The Bertz CT molecular complexity index is 693. The molecule has 0 bridgehead atoms. The molecule has 6 heteroatoms. The second-order valence-electron chi connectivity index (χ2n) is 4.91. The van der Waals surface area contributed by atoms with Crippen molar-refractivity contribution in [3.8, 4) is 6.07 Å². The van der Waals surface area contributed by atoms with Gasteiger partial charge in [-0.25, -0.2) is 0 Å². The SMILES string of the molecule is C[C@H]([NH2+]CCC(=O)Nc1sccc1C#N)c1ccccc1Cl. The standard InChI is InChI=1S/C16H16ClN3OS/c1-11(13-4-2-3-5-14(13)17)19-8-6-15(21)20-16-12(10-18)7-9-22-16/h2-5,7,9,11,19H,6,8H2,1H3,(H,20,21)/p+1/t11-/m0/s1. The molecule has 0 aliphatic rings. The molecule has 1 heterocycles. The molecule has 1 amide bonds. The molecule has 0 aliphatic carbocycles. The molecule has 1 atom stereocenters. The van der Waals surface area contributed by atoms with Crippen LogP contribution in [0.1, 0.15) is 30.5 Å². The first kappa shape index (κ1) is 16.5. The number of thiophene rings is 1. The summed E-state index contributed by atoms with van der Waals surface area (Å²) in [7, 11) is 0. The fourth-order valence-corrected chi connectivity index (χ4v) is 3.18. The zero-order valence-corrected chi connectivity index (χ0v) is 13.7. The van der Waals surface area contributed by atoms with E-state index in [0.717, 1.165) is 10.6 Å². The molecule has 4 nitrogen and oxygen atoms in total. The minimum Gasteiger partial charge on any atom is -0.340 e. The van der Waals surface area contributed by atoms with Crippen LogP contribution in [-0.2, 0) is 4.79 Å². The van der Waals surface area contributed by atoms with E-state index in [1.165, 1.54) is 11.3 Å². The molecule has 2 aromatic rings. The molecule has 1 aromatic heterocycles. The molecule has 0 aliphatic heterocycles. The van der Waals surface area contributed by atoms with Gasteiger partial charge in [-0.1, -0.05) is 29.8 Å². The number of hydrogen-bond acceptors (Lipinski definition) is 3. The van der Waals surface area contributed by atoms with E-state index < -0.39 is 0 Å². The van der Waals surface area contributed by atoms with Crippen molar-refractivity contribution in [3.05, 3.63) is 51.9 Å². The van der Waals surface area contributed by atoms with Crippen molar-refractivity contribution in [1.29, 1.82) is 5.26 Å². The first-order valence-electron chi connectivity index (χ1n) is 6.97. The molecule has 2 rings (SSSR count). The van der Waals surface area contributed by atoms with E-state index in [-0.39, 0.29) is 11.9 Å². The number of nitriles is 1. The second-order valence-corrected chi connectivity index (χ2v) is 6.23. The summed E-state index contributed by atoms with van der Waals surface area (Å²) >= 11 is 7.52. The molecule has 0 saturated carbocycles. The zero-order valence-electron chi connectivity index (χ0n) is 12.2. The van der Waals surface area contributed by atoms with Crippen LogP contribution in [0.5, 0.6) is 0 Å². The van der Waals surface area contributed by atoms with Crippen molar-refractivity contribution in [2.45, 2.75) is 19.4 Å². The van der Waals surface area contributed by atoms with Crippen molar-refractivity contribution >= 4 is 33.8 Å². The van der Waals surface area contributed by atoms with Gasteiger partial charge in [0.2, 0.25) is 5.91 Å². The maximum atomic E-state index is 11.9. The van der Waals surface area contributed by atoms with Gasteiger partial charge in [0.05, 0.1) is 18.5 Å². The lowest BCUT2D eigenvalue weighted by Crippen LogP contribution is -2.85. The Morgan fingerprint density at radius 1 is 1.45 bits per heavy atom. The Morgan fingerprint density at radius 3 is 2.95 bits per heavy atom. The van der Waals surface area contributed by atoms with Gasteiger partial charge < -0.3 is 10.6 Å². The Hall–Kier alpha value is -1.87. The van der Waals surface area contributed by atoms with Crippen LogP contribution in [0.25, 0.3) is 0 Å². The first-order valence-corrected chi connectivity index (χ1v) is 8.22. The number of benzene rings is 1. The number of nitrogens with zero attached hydrogens (tertiary/aromatic N) is 1. The number of halogens is 1. The zero-order chi connectivity index (χ0) is 15.9. The Kier molecular flexibility index (Phi) is 5.96. The maximum absolute atomic E-state index is 11.9. The molecular weight excluding hydrogens is 318 g/mol. The van der Waals surface area contributed by atoms with Gasteiger partial charge in [-0.2, -0.15) is 5.26 Å². The third-order valence-corrected chi connectivity index (χ3v) is 4.50. The van der Waals surface area contributed by atoms with E-state index in [2.05, 4.69) is 23.6 Å². The number of nitrogens with one attached hydrogen (secondary N) is 1.